The molecule has 7 heteroatoms. The molecule has 0 amide bonds. The molecule has 0 aromatic carbocycles. The zero-order chi connectivity index (χ0) is 15.6. The molecule has 114 valence electrons. The second-order valence-corrected chi connectivity index (χ2v) is 6.87. The van der Waals surface area contributed by atoms with Crippen LogP contribution < -0.4 is 5.32 Å². The first kappa shape index (κ1) is 15.8. The van der Waals surface area contributed by atoms with Gasteiger partial charge in [0.15, 0.2) is 0 Å². The van der Waals surface area contributed by atoms with Crippen LogP contribution in [0.1, 0.15) is 44.9 Å². The molecule has 0 saturated heterocycles. The maximum Gasteiger partial charge on any atom is 0.214 e. The van der Waals surface area contributed by atoms with Crippen LogP contribution in [0.15, 0.2) is 10.2 Å². The lowest BCUT2D eigenvalue weighted by Crippen LogP contribution is -2.18. The Morgan fingerprint density at radius 2 is 1.86 bits per heavy atom. The van der Waals surface area contributed by atoms with Gasteiger partial charge < -0.3 is 5.32 Å². The second kappa shape index (κ2) is 6.01. The molecule has 0 spiro atoms. The van der Waals surface area contributed by atoms with Crippen LogP contribution in [0.2, 0.25) is 0 Å². The molecule has 0 aliphatic rings. The molecular weight excluding hydrogens is 284 g/mol. The van der Waals surface area contributed by atoms with Gasteiger partial charge in [0.1, 0.15) is 22.5 Å². The molecule has 0 saturated carbocycles. The van der Waals surface area contributed by atoms with Crippen LogP contribution >= 0.6 is 11.8 Å². The molecule has 2 aromatic heterocycles. The summed E-state index contributed by atoms with van der Waals surface area (Å²) in [4.78, 5) is 13.7. The molecule has 0 aliphatic carbocycles. The lowest BCUT2D eigenvalue weighted by molar-refractivity contribution is 0.538. The van der Waals surface area contributed by atoms with Crippen molar-refractivity contribution in [2.45, 2.75) is 57.1 Å². The Bertz CT molecular complexity index is 629. The lowest BCUT2D eigenvalue weighted by Gasteiger charge is -2.20. The zero-order valence-corrected chi connectivity index (χ0v) is 14.2. The Morgan fingerprint density at radius 3 is 2.38 bits per heavy atom. The highest BCUT2D eigenvalue weighted by Gasteiger charge is 2.22. The molecule has 2 N–H and O–H groups in total. The summed E-state index contributed by atoms with van der Waals surface area (Å²) in [7, 11) is 0. The van der Waals surface area contributed by atoms with E-state index >= 15 is 0 Å². The number of nitrogens with one attached hydrogen (secondary N) is 2. The summed E-state index contributed by atoms with van der Waals surface area (Å²) >= 11 is 1.46. The number of hydrogen-bond donors (Lipinski definition) is 2. The number of aromatic amines is 1. The SMILES string of the molecule is CCNc1nc(C(C)(C)C)nc(Sc2n[nH]c(C)n2)c1C. The molecule has 6 nitrogen and oxygen atoms in total. The second-order valence-electron chi connectivity index (χ2n) is 5.91. The van der Waals surface area contributed by atoms with Gasteiger partial charge in [-0.15, -0.1) is 5.10 Å². The van der Waals surface area contributed by atoms with E-state index in [-0.39, 0.29) is 5.41 Å². The van der Waals surface area contributed by atoms with Crippen molar-refractivity contribution in [2.75, 3.05) is 11.9 Å². The Hall–Kier alpha value is -1.63. The van der Waals surface area contributed by atoms with E-state index in [0.29, 0.717) is 5.16 Å². The van der Waals surface area contributed by atoms with Gasteiger partial charge in [-0.2, -0.15) is 0 Å². The normalized spacial score (nSPS) is 11.7. The minimum absolute atomic E-state index is 0.109. The Morgan fingerprint density at radius 1 is 1.14 bits per heavy atom. The van der Waals surface area contributed by atoms with E-state index in [2.05, 4.69) is 53.2 Å². The number of H-pyrrole nitrogens is 1. The summed E-state index contributed by atoms with van der Waals surface area (Å²) in [6.07, 6.45) is 0. The highest BCUT2D eigenvalue weighted by Crippen LogP contribution is 2.31. The van der Waals surface area contributed by atoms with Gasteiger partial charge in [0.25, 0.3) is 0 Å². The van der Waals surface area contributed by atoms with Crippen LogP contribution in [0.4, 0.5) is 5.82 Å². The summed E-state index contributed by atoms with van der Waals surface area (Å²) in [5.74, 6) is 2.50. The first-order chi connectivity index (χ1) is 9.81. The number of nitrogens with zero attached hydrogens (tertiary/aromatic N) is 4. The molecule has 2 heterocycles. The quantitative estimate of drug-likeness (QED) is 0.845. The van der Waals surface area contributed by atoms with Crippen LogP contribution in [0.25, 0.3) is 0 Å². The van der Waals surface area contributed by atoms with Crippen LogP contribution in [0.3, 0.4) is 0 Å². The maximum absolute atomic E-state index is 4.71. The molecule has 2 rings (SSSR count). The standard InChI is InChI=1S/C14H22N6S/c1-7-15-10-8(2)11(18-12(17-10)14(4,5)6)21-13-16-9(3)19-20-13/h7H2,1-6H3,(H,15,17,18)(H,16,19,20). The highest BCUT2D eigenvalue weighted by atomic mass is 32.2. The van der Waals surface area contributed by atoms with E-state index < -0.39 is 0 Å². The zero-order valence-electron chi connectivity index (χ0n) is 13.4. The van der Waals surface area contributed by atoms with Crippen molar-refractivity contribution in [3.8, 4) is 0 Å². The first-order valence-corrected chi connectivity index (χ1v) is 7.82. The Kier molecular flexibility index (Phi) is 4.51. The molecule has 0 fully saturated rings. The Balaban J connectivity index is 2.45. The van der Waals surface area contributed by atoms with Crippen LogP contribution in [-0.4, -0.2) is 31.7 Å². The van der Waals surface area contributed by atoms with Crippen LogP contribution in [0.5, 0.6) is 0 Å². The Labute approximate surface area is 129 Å². The fourth-order valence-corrected chi connectivity index (χ4v) is 2.55. The van der Waals surface area contributed by atoms with Crippen molar-refractivity contribution < 1.29 is 0 Å². The van der Waals surface area contributed by atoms with Gasteiger partial charge in [0.05, 0.1) is 0 Å². The first-order valence-electron chi connectivity index (χ1n) is 7.01. The summed E-state index contributed by atoms with van der Waals surface area (Å²) in [5, 5.41) is 11.9. The number of rotatable bonds is 4. The largest absolute Gasteiger partial charge is 0.370 e. The van der Waals surface area contributed by atoms with Gasteiger partial charge in [-0.3, -0.25) is 5.10 Å². The van der Waals surface area contributed by atoms with Crippen molar-refractivity contribution in [2.24, 2.45) is 0 Å². The predicted octanol–water partition coefficient (Wildman–Crippen LogP) is 3.09. The molecule has 2 aromatic rings. The van der Waals surface area contributed by atoms with Gasteiger partial charge in [-0.05, 0) is 32.5 Å². The fraction of sp³-hybridized carbons (Fsp3) is 0.571. The third-order valence-electron chi connectivity index (χ3n) is 2.88. The summed E-state index contributed by atoms with van der Waals surface area (Å²) in [5.41, 5.74) is 0.916. The van der Waals surface area contributed by atoms with Crippen LogP contribution in [-0.2, 0) is 5.41 Å². The van der Waals surface area contributed by atoms with Crippen molar-refractivity contribution in [3.05, 3.63) is 17.2 Å². The summed E-state index contributed by atoms with van der Waals surface area (Å²) in [6.45, 7) is 13.1. The number of anilines is 1. The molecule has 0 aliphatic heterocycles. The third kappa shape index (κ3) is 3.72. The van der Waals surface area contributed by atoms with Crippen molar-refractivity contribution >= 4 is 17.6 Å². The number of aromatic nitrogens is 5. The number of hydrogen-bond acceptors (Lipinski definition) is 6. The van der Waals surface area contributed by atoms with Crippen LogP contribution in [0, 0.1) is 13.8 Å². The summed E-state index contributed by atoms with van der Waals surface area (Å²) < 4.78 is 0. The van der Waals surface area contributed by atoms with Crippen molar-refractivity contribution in [1.29, 1.82) is 0 Å². The van der Waals surface area contributed by atoms with Gasteiger partial charge in [-0.25, -0.2) is 15.0 Å². The van der Waals surface area contributed by atoms with Crippen molar-refractivity contribution in [1.82, 2.24) is 25.1 Å². The molecule has 0 radical (unpaired) electrons. The molecular formula is C14H22N6S. The van der Waals surface area contributed by atoms with E-state index in [1.165, 1.54) is 11.8 Å². The molecule has 0 bridgehead atoms. The van der Waals surface area contributed by atoms with E-state index in [1.807, 2.05) is 13.8 Å². The maximum atomic E-state index is 4.71. The monoisotopic (exact) mass is 306 g/mol. The molecule has 21 heavy (non-hydrogen) atoms. The van der Waals surface area contributed by atoms with Crippen molar-refractivity contribution in [3.63, 3.8) is 0 Å². The molecule has 0 atom stereocenters. The summed E-state index contributed by atoms with van der Waals surface area (Å²) in [6, 6.07) is 0. The fourth-order valence-electron chi connectivity index (χ4n) is 1.72. The van der Waals surface area contributed by atoms with Gasteiger partial charge >= 0.3 is 0 Å². The molecule has 0 unspecified atom stereocenters. The lowest BCUT2D eigenvalue weighted by atomic mass is 9.95. The highest BCUT2D eigenvalue weighted by molar-refractivity contribution is 7.99. The predicted molar refractivity (Wildman–Crippen MR) is 84.9 cm³/mol. The van der Waals surface area contributed by atoms with Gasteiger partial charge in [-0.1, -0.05) is 20.8 Å². The van der Waals surface area contributed by atoms with Gasteiger partial charge in [0.2, 0.25) is 5.16 Å². The van der Waals surface area contributed by atoms with Gasteiger partial charge in [0, 0.05) is 17.5 Å². The number of aryl methyl sites for hydroxylation is 1. The average Bonchev–Trinajstić information content (AvgIpc) is 2.78. The topological polar surface area (TPSA) is 79.4 Å². The van der Waals surface area contributed by atoms with E-state index in [1.54, 1.807) is 0 Å². The van der Waals surface area contributed by atoms with E-state index in [9.17, 15) is 0 Å². The van der Waals surface area contributed by atoms with E-state index in [4.69, 9.17) is 4.98 Å². The van der Waals surface area contributed by atoms with E-state index in [0.717, 1.165) is 34.6 Å². The average molecular weight is 306 g/mol. The smallest absolute Gasteiger partial charge is 0.214 e. The third-order valence-corrected chi connectivity index (χ3v) is 3.84. The minimum atomic E-state index is -0.109. The minimum Gasteiger partial charge on any atom is -0.370 e.